The van der Waals surface area contributed by atoms with E-state index in [1.165, 1.54) is 51.6 Å². The second kappa shape index (κ2) is 4.89. The number of hydrogen-bond donors (Lipinski definition) is 2. The number of hydrogen-bond acceptors (Lipinski definition) is 2. The van der Waals surface area contributed by atoms with E-state index in [0.29, 0.717) is 0 Å². The molecule has 90 valence electrons. The fraction of sp³-hybridized carbons (Fsp3) is 0.857. The van der Waals surface area contributed by atoms with E-state index < -0.39 is 0 Å². The van der Waals surface area contributed by atoms with Crippen LogP contribution in [0.5, 0.6) is 0 Å². The maximum atomic E-state index is 3.80. The van der Waals surface area contributed by atoms with Crippen LogP contribution in [0, 0.1) is 11.8 Å². The highest BCUT2D eigenvalue weighted by Gasteiger charge is 2.38. The Kier molecular flexibility index (Phi) is 3.30. The van der Waals surface area contributed by atoms with Crippen LogP contribution in [0.1, 0.15) is 38.5 Å². The molecule has 0 amide bonds. The highest BCUT2D eigenvalue weighted by molar-refractivity contribution is 5.07. The van der Waals surface area contributed by atoms with E-state index in [9.17, 15) is 0 Å². The maximum absolute atomic E-state index is 3.80. The Balaban J connectivity index is 1.39. The normalized spacial score (nSPS) is 37.8. The Morgan fingerprint density at radius 2 is 2.31 bits per heavy atom. The molecule has 2 saturated carbocycles. The van der Waals surface area contributed by atoms with Crippen LogP contribution in [-0.2, 0) is 0 Å². The Hall–Kier alpha value is -0.340. The van der Waals surface area contributed by atoms with Crippen molar-refractivity contribution in [1.29, 1.82) is 0 Å². The van der Waals surface area contributed by atoms with Crippen LogP contribution >= 0.6 is 0 Å². The van der Waals surface area contributed by atoms with Gasteiger partial charge in [-0.1, -0.05) is 18.1 Å². The monoisotopic (exact) mass is 220 g/mol. The minimum absolute atomic E-state index is 0.862. The quantitative estimate of drug-likeness (QED) is 0.709. The van der Waals surface area contributed by atoms with Crippen molar-refractivity contribution in [2.75, 3.05) is 19.6 Å². The predicted molar refractivity (Wildman–Crippen MR) is 67.4 cm³/mol. The van der Waals surface area contributed by atoms with E-state index in [0.717, 1.165) is 24.4 Å². The van der Waals surface area contributed by atoms with Crippen LogP contribution in [0.15, 0.2) is 11.6 Å². The summed E-state index contributed by atoms with van der Waals surface area (Å²) in [4.78, 5) is 0. The summed E-state index contributed by atoms with van der Waals surface area (Å²) >= 11 is 0. The van der Waals surface area contributed by atoms with Gasteiger partial charge in [0.25, 0.3) is 0 Å². The summed E-state index contributed by atoms with van der Waals surface area (Å²) in [6.45, 7) is 3.48. The van der Waals surface area contributed by atoms with Crippen LogP contribution in [-0.4, -0.2) is 25.7 Å². The molecule has 2 nitrogen and oxygen atoms in total. The largest absolute Gasteiger partial charge is 0.313 e. The van der Waals surface area contributed by atoms with Gasteiger partial charge >= 0.3 is 0 Å². The third-order valence-corrected chi connectivity index (χ3v) is 4.75. The van der Waals surface area contributed by atoms with Crippen LogP contribution in [0.3, 0.4) is 0 Å². The molecule has 1 heterocycles. The van der Waals surface area contributed by atoms with Crippen LogP contribution < -0.4 is 10.6 Å². The van der Waals surface area contributed by atoms with Crippen molar-refractivity contribution < 1.29 is 0 Å². The van der Waals surface area contributed by atoms with Gasteiger partial charge in [-0.2, -0.15) is 0 Å². The molecule has 1 aliphatic heterocycles. The second-order valence-corrected chi connectivity index (χ2v) is 5.80. The zero-order valence-corrected chi connectivity index (χ0v) is 10.2. The molecule has 3 unspecified atom stereocenters. The van der Waals surface area contributed by atoms with Crippen molar-refractivity contribution in [3.8, 4) is 0 Å². The third-order valence-electron chi connectivity index (χ3n) is 4.75. The molecule has 0 spiro atoms. The Morgan fingerprint density at radius 1 is 1.31 bits per heavy atom. The van der Waals surface area contributed by atoms with Gasteiger partial charge in [0.05, 0.1) is 0 Å². The number of nitrogens with one attached hydrogen (secondary N) is 2. The SMILES string of the molecule is C1=C(CCNC2CC3CCC2C3)CCNC1. The summed E-state index contributed by atoms with van der Waals surface area (Å²) in [6, 6.07) is 0.862. The van der Waals surface area contributed by atoms with Crippen molar-refractivity contribution in [1.82, 2.24) is 10.6 Å². The van der Waals surface area contributed by atoms with Gasteiger partial charge in [-0.05, 0) is 57.0 Å². The molecular weight excluding hydrogens is 196 g/mol. The Labute approximate surface area is 98.9 Å². The van der Waals surface area contributed by atoms with Gasteiger partial charge in [0.2, 0.25) is 0 Å². The standard InChI is InChI=1S/C14H24N2/c1-2-13-9-12(1)10-14(13)16-8-5-11-3-6-15-7-4-11/h3,12-16H,1-2,4-10H2. The van der Waals surface area contributed by atoms with E-state index in [-0.39, 0.29) is 0 Å². The molecule has 2 bridgehead atoms. The number of rotatable bonds is 4. The van der Waals surface area contributed by atoms with Gasteiger partial charge in [-0.15, -0.1) is 0 Å². The number of fused-ring (bicyclic) bond motifs is 2. The lowest BCUT2D eigenvalue weighted by atomic mass is 9.95. The van der Waals surface area contributed by atoms with E-state index in [1.807, 2.05) is 0 Å². The first-order chi connectivity index (χ1) is 7.92. The summed E-state index contributed by atoms with van der Waals surface area (Å²) in [5.41, 5.74) is 1.66. The smallest absolute Gasteiger partial charge is 0.0137 e. The highest BCUT2D eigenvalue weighted by Crippen LogP contribution is 2.44. The van der Waals surface area contributed by atoms with Crippen molar-refractivity contribution in [2.45, 2.75) is 44.6 Å². The first-order valence-corrected chi connectivity index (χ1v) is 7.04. The van der Waals surface area contributed by atoms with Crippen molar-refractivity contribution in [3.63, 3.8) is 0 Å². The average molecular weight is 220 g/mol. The molecule has 2 N–H and O–H groups in total. The maximum Gasteiger partial charge on any atom is 0.0137 e. The molecule has 2 fully saturated rings. The fourth-order valence-corrected chi connectivity index (χ4v) is 3.81. The lowest BCUT2D eigenvalue weighted by Crippen LogP contribution is -2.35. The summed E-state index contributed by atoms with van der Waals surface area (Å²) in [7, 11) is 0. The summed E-state index contributed by atoms with van der Waals surface area (Å²) in [5, 5.41) is 7.17. The van der Waals surface area contributed by atoms with Crippen molar-refractivity contribution >= 4 is 0 Å². The van der Waals surface area contributed by atoms with E-state index in [1.54, 1.807) is 5.57 Å². The van der Waals surface area contributed by atoms with Crippen LogP contribution in [0.2, 0.25) is 0 Å². The van der Waals surface area contributed by atoms with E-state index >= 15 is 0 Å². The fourth-order valence-electron chi connectivity index (χ4n) is 3.81. The first-order valence-electron chi connectivity index (χ1n) is 7.04. The van der Waals surface area contributed by atoms with Gasteiger partial charge in [0.1, 0.15) is 0 Å². The highest BCUT2D eigenvalue weighted by atomic mass is 14.9. The van der Waals surface area contributed by atoms with Gasteiger partial charge in [-0.3, -0.25) is 0 Å². The molecule has 0 aromatic carbocycles. The van der Waals surface area contributed by atoms with Gasteiger partial charge < -0.3 is 10.6 Å². The van der Waals surface area contributed by atoms with E-state index in [4.69, 9.17) is 0 Å². The lowest BCUT2D eigenvalue weighted by molar-refractivity contribution is 0.353. The molecule has 0 aromatic heterocycles. The topological polar surface area (TPSA) is 24.1 Å². The molecule has 16 heavy (non-hydrogen) atoms. The van der Waals surface area contributed by atoms with Crippen molar-refractivity contribution in [3.05, 3.63) is 11.6 Å². The molecule has 3 rings (SSSR count). The van der Waals surface area contributed by atoms with E-state index in [2.05, 4.69) is 16.7 Å². The van der Waals surface area contributed by atoms with Gasteiger partial charge in [-0.25, -0.2) is 0 Å². The Bertz CT molecular complexity index is 272. The zero-order chi connectivity index (χ0) is 10.8. The second-order valence-electron chi connectivity index (χ2n) is 5.80. The summed E-state index contributed by atoms with van der Waals surface area (Å²) in [6.07, 6.45) is 10.9. The minimum atomic E-state index is 0.862. The molecular formula is C14H24N2. The van der Waals surface area contributed by atoms with Gasteiger partial charge in [0, 0.05) is 12.6 Å². The zero-order valence-electron chi connectivity index (χ0n) is 10.2. The molecule has 0 radical (unpaired) electrons. The molecule has 3 aliphatic rings. The molecule has 2 aliphatic carbocycles. The average Bonchev–Trinajstić information content (AvgIpc) is 2.92. The molecule has 0 saturated heterocycles. The first kappa shape index (κ1) is 10.8. The lowest BCUT2D eigenvalue weighted by Gasteiger charge is -2.23. The molecule has 0 aromatic rings. The molecule has 2 heteroatoms. The van der Waals surface area contributed by atoms with Crippen LogP contribution in [0.25, 0.3) is 0 Å². The predicted octanol–water partition coefficient (Wildman–Crippen LogP) is 2.07. The summed E-state index contributed by atoms with van der Waals surface area (Å²) in [5.74, 6) is 2.09. The van der Waals surface area contributed by atoms with Gasteiger partial charge in [0.15, 0.2) is 0 Å². The Morgan fingerprint density at radius 3 is 3.00 bits per heavy atom. The molecule has 3 atom stereocenters. The van der Waals surface area contributed by atoms with Crippen molar-refractivity contribution in [2.24, 2.45) is 11.8 Å². The van der Waals surface area contributed by atoms with Crippen LogP contribution in [0.4, 0.5) is 0 Å². The summed E-state index contributed by atoms with van der Waals surface area (Å²) < 4.78 is 0. The minimum Gasteiger partial charge on any atom is -0.313 e. The third kappa shape index (κ3) is 2.33.